The summed E-state index contributed by atoms with van der Waals surface area (Å²) >= 11 is 1.25. The second-order valence-corrected chi connectivity index (χ2v) is 9.78. The van der Waals surface area contributed by atoms with Crippen molar-refractivity contribution in [1.29, 1.82) is 0 Å². The molecule has 1 atom stereocenters. The molecule has 0 unspecified atom stereocenters. The number of ether oxygens (including phenoxy) is 1. The molecule has 2 aromatic heterocycles. The highest BCUT2D eigenvalue weighted by Gasteiger charge is 2.23. The molecule has 8 heteroatoms. The van der Waals surface area contributed by atoms with E-state index in [-0.39, 0.29) is 28.9 Å². The van der Waals surface area contributed by atoms with E-state index in [0.717, 1.165) is 23.9 Å². The van der Waals surface area contributed by atoms with E-state index in [0.29, 0.717) is 35.3 Å². The molecule has 176 valence electrons. The predicted octanol–water partition coefficient (Wildman–Crippen LogP) is 5.18. The number of nitrogens with zero attached hydrogens (tertiary/aromatic N) is 2. The molecule has 34 heavy (non-hydrogen) atoms. The van der Waals surface area contributed by atoms with E-state index in [2.05, 4.69) is 19.2 Å². The number of hydrogen-bond donors (Lipinski definition) is 1. The molecule has 1 aliphatic heterocycles. The number of rotatable bonds is 7. The first kappa shape index (κ1) is 22.7. The van der Waals surface area contributed by atoms with Crippen LogP contribution in [-0.4, -0.2) is 33.9 Å². The molecule has 1 saturated heterocycles. The van der Waals surface area contributed by atoms with Crippen molar-refractivity contribution < 1.29 is 13.9 Å². The van der Waals surface area contributed by atoms with Crippen LogP contribution in [0.4, 0.5) is 5.69 Å². The van der Waals surface area contributed by atoms with Crippen molar-refractivity contribution in [2.45, 2.75) is 50.4 Å². The molecule has 5 rings (SSSR count). The fourth-order valence-corrected chi connectivity index (χ4v) is 5.00. The third-order valence-electron chi connectivity index (χ3n) is 6.05. The lowest BCUT2D eigenvalue weighted by atomic mass is 10.0. The van der Waals surface area contributed by atoms with Crippen LogP contribution in [0.5, 0.6) is 0 Å². The van der Waals surface area contributed by atoms with Crippen LogP contribution in [0.2, 0.25) is 0 Å². The molecular weight excluding hydrogens is 450 g/mol. The molecule has 1 fully saturated rings. The Bertz CT molecular complexity index is 1390. The Morgan fingerprint density at radius 1 is 1.21 bits per heavy atom. The van der Waals surface area contributed by atoms with E-state index < -0.39 is 0 Å². The van der Waals surface area contributed by atoms with Gasteiger partial charge in [-0.15, -0.1) is 0 Å². The minimum Gasteiger partial charge on any atom is -0.448 e. The third kappa shape index (κ3) is 4.60. The van der Waals surface area contributed by atoms with E-state index in [9.17, 15) is 9.59 Å². The summed E-state index contributed by atoms with van der Waals surface area (Å²) in [5.74, 6) is 0.406. The Kier molecular flexibility index (Phi) is 6.43. The zero-order valence-corrected chi connectivity index (χ0v) is 20.1. The Labute approximate surface area is 201 Å². The molecule has 7 nitrogen and oxygen atoms in total. The number of nitrogens with one attached hydrogen (secondary N) is 1. The van der Waals surface area contributed by atoms with E-state index in [1.807, 2.05) is 48.5 Å². The van der Waals surface area contributed by atoms with Crippen molar-refractivity contribution in [3.05, 3.63) is 64.4 Å². The first-order chi connectivity index (χ1) is 16.5. The van der Waals surface area contributed by atoms with Gasteiger partial charge in [0.25, 0.3) is 5.56 Å². The van der Waals surface area contributed by atoms with Crippen LogP contribution in [-0.2, 0) is 16.1 Å². The predicted molar refractivity (Wildman–Crippen MR) is 135 cm³/mol. The molecule has 1 aliphatic rings. The lowest BCUT2D eigenvalue weighted by molar-refractivity contribution is -0.113. The number of fused-ring (bicyclic) bond motifs is 3. The number of carbonyl (C=O) groups excluding carboxylic acids is 1. The molecule has 1 N–H and O–H groups in total. The molecule has 4 aromatic rings. The molecule has 2 aromatic carbocycles. The van der Waals surface area contributed by atoms with Gasteiger partial charge in [0.15, 0.2) is 5.16 Å². The number of anilines is 1. The quantitative estimate of drug-likeness (QED) is 0.292. The molecule has 3 heterocycles. The summed E-state index contributed by atoms with van der Waals surface area (Å²) in [6.07, 6.45) is 1.82. The normalized spacial score (nSPS) is 16.0. The van der Waals surface area contributed by atoms with E-state index >= 15 is 0 Å². The number of furan rings is 1. The van der Waals surface area contributed by atoms with E-state index in [4.69, 9.17) is 14.1 Å². The third-order valence-corrected chi connectivity index (χ3v) is 7.03. The average Bonchev–Trinajstić information content (AvgIpc) is 3.48. The molecule has 0 aliphatic carbocycles. The van der Waals surface area contributed by atoms with Crippen molar-refractivity contribution in [3.8, 4) is 0 Å². The fourth-order valence-electron chi connectivity index (χ4n) is 4.19. The second-order valence-electron chi connectivity index (χ2n) is 8.83. The second kappa shape index (κ2) is 9.64. The monoisotopic (exact) mass is 477 g/mol. The Balaban J connectivity index is 1.41. The lowest BCUT2D eigenvalue weighted by Crippen LogP contribution is -2.29. The number of para-hydroxylation sites is 1. The Hall–Kier alpha value is -3.10. The summed E-state index contributed by atoms with van der Waals surface area (Å²) < 4.78 is 13.2. The number of hydrogen-bond acceptors (Lipinski definition) is 6. The number of thioether (sulfide) groups is 1. The van der Waals surface area contributed by atoms with Gasteiger partial charge in [0.2, 0.25) is 11.5 Å². The molecule has 0 saturated carbocycles. The van der Waals surface area contributed by atoms with Crippen molar-refractivity contribution in [1.82, 2.24) is 9.55 Å². The largest absolute Gasteiger partial charge is 0.448 e. The van der Waals surface area contributed by atoms with Crippen LogP contribution in [0.1, 0.15) is 38.2 Å². The van der Waals surface area contributed by atoms with Crippen molar-refractivity contribution in [3.63, 3.8) is 0 Å². The van der Waals surface area contributed by atoms with Crippen LogP contribution >= 0.6 is 11.8 Å². The maximum atomic E-state index is 13.4. The van der Waals surface area contributed by atoms with Gasteiger partial charge in [0, 0.05) is 17.7 Å². The minimum atomic E-state index is -0.246. The highest BCUT2D eigenvalue weighted by Crippen LogP contribution is 2.28. The van der Waals surface area contributed by atoms with Crippen molar-refractivity contribution in [2.24, 2.45) is 0 Å². The molecule has 1 amide bonds. The molecule has 0 radical (unpaired) electrons. The average molecular weight is 478 g/mol. The zero-order valence-electron chi connectivity index (χ0n) is 19.2. The van der Waals surface area contributed by atoms with Gasteiger partial charge in [-0.3, -0.25) is 14.2 Å². The van der Waals surface area contributed by atoms with Gasteiger partial charge in [-0.1, -0.05) is 49.9 Å². The number of amides is 1. The maximum absolute atomic E-state index is 13.4. The minimum absolute atomic E-state index is 0.0472. The van der Waals surface area contributed by atoms with E-state index in [1.165, 1.54) is 17.3 Å². The SMILES string of the molecule is CC(C)c1ccc(NC(=O)CSc2nc3c(oc4ccccc43)c(=O)n2C[C@H]2CCCO2)cc1. The summed E-state index contributed by atoms with van der Waals surface area (Å²) in [6, 6.07) is 15.3. The number of benzene rings is 2. The Morgan fingerprint density at radius 3 is 2.74 bits per heavy atom. The zero-order chi connectivity index (χ0) is 23.7. The number of aromatic nitrogens is 2. The fraction of sp³-hybridized carbons (Fsp3) is 0.346. The number of carbonyl (C=O) groups is 1. The van der Waals surface area contributed by atoms with Crippen LogP contribution in [0, 0.1) is 0 Å². The van der Waals surface area contributed by atoms with Crippen LogP contribution in [0.15, 0.2) is 62.9 Å². The highest BCUT2D eigenvalue weighted by molar-refractivity contribution is 7.99. The lowest BCUT2D eigenvalue weighted by Gasteiger charge is -2.15. The molecule has 0 bridgehead atoms. The smallest absolute Gasteiger partial charge is 0.297 e. The van der Waals surface area contributed by atoms with Gasteiger partial charge in [0.1, 0.15) is 11.1 Å². The summed E-state index contributed by atoms with van der Waals surface area (Å²) in [5.41, 5.74) is 3.10. The van der Waals surface area contributed by atoms with Crippen LogP contribution in [0.3, 0.4) is 0 Å². The molecule has 0 spiro atoms. The summed E-state index contributed by atoms with van der Waals surface area (Å²) in [4.78, 5) is 30.8. The van der Waals surface area contributed by atoms with Crippen LogP contribution in [0.25, 0.3) is 22.1 Å². The van der Waals surface area contributed by atoms with Crippen LogP contribution < -0.4 is 10.9 Å². The van der Waals surface area contributed by atoms with Gasteiger partial charge in [0.05, 0.1) is 18.4 Å². The van der Waals surface area contributed by atoms with Gasteiger partial charge in [-0.05, 0) is 48.6 Å². The van der Waals surface area contributed by atoms with E-state index in [1.54, 1.807) is 4.57 Å². The summed E-state index contributed by atoms with van der Waals surface area (Å²) in [5, 5.41) is 4.21. The Morgan fingerprint density at radius 2 is 2.00 bits per heavy atom. The first-order valence-electron chi connectivity index (χ1n) is 11.6. The standard InChI is InChI=1S/C26H27N3O4S/c1-16(2)17-9-11-18(12-10-17)27-22(30)15-34-26-28-23-20-7-3-4-8-21(20)33-24(23)25(31)29(26)14-19-6-5-13-32-19/h3-4,7-12,16,19H,5-6,13-15H2,1-2H3,(H,27,30)/t19-/m1/s1. The topological polar surface area (TPSA) is 86.4 Å². The summed E-state index contributed by atoms with van der Waals surface area (Å²) in [7, 11) is 0. The summed E-state index contributed by atoms with van der Waals surface area (Å²) in [6.45, 7) is 5.35. The van der Waals surface area contributed by atoms with Gasteiger partial charge < -0.3 is 14.5 Å². The van der Waals surface area contributed by atoms with Crippen molar-refractivity contribution >= 4 is 45.4 Å². The van der Waals surface area contributed by atoms with Gasteiger partial charge in [-0.2, -0.15) is 0 Å². The molecular formula is C26H27N3O4S. The highest BCUT2D eigenvalue weighted by atomic mass is 32.2. The van der Waals surface area contributed by atoms with Gasteiger partial charge in [-0.25, -0.2) is 4.98 Å². The first-order valence-corrected chi connectivity index (χ1v) is 12.5. The van der Waals surface area contributed by atoms with Gasteiger partial charge >= 0.3 is 0 Å². The van der Waals surface area contributed by atoms with Crippen molar-refractivity contribution in [2.75, 3.05) is 17.7 Å². The maximum Gasteiger partial charge on any atom is 0.297 e.